The second-order valence-electron chi connectivity index (χ2n) is 6.38. The quantitative estimate of drug-likeness (QED) is 0.608. The molecule has 0 unspecified atom stereocenters. The lowest BCUT2D eigenvalue weighted by atomic mass is 9.99. The summed E-state index contributed by atoms with van der Waals surface area (Å²) in [5.74, 6) is 0.567. The van der Waals surface area contributed by atoms with Crippen LogP contribution in [0, 0.1) is 5.92 Å². The first-order valence-corrected chi connectivity index (χ1v) is 6.93. The topological polar surface area (TPSA) is 3.24 Å². The van der Waals surface area contributed by atoms with E-state index < -0.39 is 0 Å². The third-order valence-corrected chi connectivity index (χ3v) is 2.95. The maximum absolute atomic E-state index is 4.31. The number of allylic oxidation sites excluding steroid dienone is 3. The van der Waals surface area contributed by atoms with Crippen LogP contribution in [0.3, 0.4) is 0 Å². The third kappa shape index (κ3) is 5.12. The minimum atomic E-state index is 0.109. The Balaban J connectivity index is 5.30. The first kappa shape index (κ1) is 17.0. The molecule has 104 valence electrons. The first-order valence-electron chi connectivity index (χ1n) is 6.93. The van der Waals surface area contributed by atoms with Gasteiger partial charge in [0.25, 0.3) is 0 Å². The second kappa shape index (κ2) is 6.82. The second-order valence-corrected chi connectivity index (χ2v) is 6.38. The van der Waals surface area contributed by atoms with Crippen LogP contribution >= 0.6 is 0 Å². The first-order chi connectivity index (χ1) is 8.11. The number of nitrogens with zero attached hydrogens (tertiary/aromatic N) is 1. The Kier molecular flexibility index (Phi) is 6.45. The van der Waals surface area contributed by atoms with Crippen molar-refractivity contribution in [3.05, 3.63) is 35.6 Å². The van der Waals surface area contributed by atoms with Crippen LogP contribution in [0.15, 0.2) is 35.6 Å². The van der Waals surface area contributed by atoms with Crippen LogP contribution in [0.1, 0.15) is 55.4 Å². The Morgan fingerprint density at radius 3 is 2.00 bits per heavy atom. The Bertz CT molecular complexity index is 333. The van der Waals surface area contributed by atoms with Crippen LogP contribution in [-0.2, 0) is 0 Å². The molecule has 0 rings (SSSR count). The van der Waals surface area contributed by atoms with Crippen molar-refractivity contribution in [3.63, 3.8) is 0 Å². The third-order valence-electron chi connectivity index (χ3n) is 2.95. The van der Waals surface area contributed by atoms with E-state index in [1.807, 2.05) is 0 Å². The highest BCUT2D eigenvalue weighted by Gasteiger charge is 2.22. The molecule has 0 fully saturated rings. The molecule has 0 amide bonds. The van der Waals surface area contributed by atoms with Crippen molar-refractivity contribution in [1.82, 2.24) is 4.90 Å². The van der Waals surface area contributed by atoms with E-state index in [-0.39, 0.29) is 5.54 Å². The van der Waals surface area contributed by atoms with Gasteiger partial charge in [-0.25, -0.2) is 0 Å². The van der Waals surface area contributed by atoms with Crippen molar-refractivity contribution in [2.45, 2.75) is 60.9 Å². The fourth-order valence-electron chi connectivity index (χ4n) is 2.06. The van der Waals surface area contributed by atoms with Crippen molar-refractivity contribution in [3.8, 4) is 0 Å². The van der Waals surface area contributed by atoms with E-state index in [0.717, 1.165) is 12.2 Å². The molecule has 0 N–H and O–H groups in total. The maximum atomic E-state index is 4.31. The van der Waals surface area contributed by atoms with E-state index in [4.69, 9.17) is 0 Å². The van der Waals surface area contributed by atoms with Crippen molar-refractivity contribution in [2.24, 2.45) is 5.92 Å². The predicted molar refractivity (Wildman–Crippen MR) is 83.6 cm³/mol. The van der Waals surface area contributed by atoms with Crippen molar-refractivity contribution in [1.29, 1.82) is 0 Å². The van der Waals surface area contributed by atoms with E-state index in [1.54, 1.807) is 0 Å². The molecule has 0 bridgehead atoms. The average Bonchev–Trinajstić information content (AvgIpc) is 2.15. The Hall–Kier alpha value is -0.980. The van der Waals surface area contributed by atoms with Gasteiger partial charge in [-0.15, -0.1) is 0 Å². The van der Waals surface area contributed by atoms with Crippen LogP contribution in [0.25, 0.3) is 0 Å². The van der Waals surface area contributed by atoms with E-state index in [2.05, 4.69) is 79.0 Å². The molecule has 0 aromatic rings. The van der Waals surface area contributed by atoms with Gasteiger partial charge in [-0.05, 0) is 53.0 Å². The summed E-state index contributed by atoms with van der Waals surface area (Å²) in [4.78, 5) is 2.36. The van der Waals surface area contributed by atoms with Gasteiger partial charge in [0.05, 0.1) is 0 Å². The monoisotopic (exact) mass is 249 g/mol. The molecule has 0 aliphatic carbocycles. The molecule has 0 aromatic carbocycles. The van der Waals surface area contributed by atoms with Crippen LogP contribution < -0.4 is 0 Å². The summed E-state index contributed by atoms with van der Waals surface area (Å²) in [7, 11) is 0. The number of hydrogen-bond donors (Lipinski definition) is 0. The van der Waals surface area contributed by atoms with Gasteiger partial charge in [-0.2, -0.15) is 0 Å². The molecule has 0 atom stereocenters. The molecule has 0 saturated heterocycles. The Morgan fingerprint density at radius 2 is 1.72 bits per heavy atom. The minimum Gasteiger partial charge on any atom is -0.367 e. The molecule has 0 aromatic heterocycles. The summed E-state index contributed by atoms with van der Waals surface area (Å²) >= 11 is 0. The average molecular weight is 249 g/mol. The number of rotatable bonds is 5. The van der Waals surface area contributed by atoms with Crippen LogP contribution in [-0.4, -0.2) is 17.0 Å². The van der Waals surface area contributed by atoms with Gasteiger partial charge in [0.2, 0.25) is 0 Å². The van der Waals surface area contributed by atoms with Crippen molar-refractivity contribution in [2.75, 3.05) is 6.54 Å². The lowest BCUT2D eigenvalue weighted by molar-refractivity contribution is 0.200. The fourth-order valence-corrected chi connectivity index (χ4v) is 2.06. The highest BCUT2D eigenvalue weighted by Crippen LogP contribution is 2.26. The van der Waals surface area contributed by atoms with Gasteiger partial charge in [-0.1, -0.05) is 38.2 Å². The van der Waals surface area contributed by atoms with Crippen molar-refractivity contribution < 1.29 is 0 Å². The number of likely N-dealkylation sites (N-methyl/N-ethyl adjacent to an activating group) is 1. The summed E-state index contributed by atoms with van der Waals surface area (Å²) < 4.78 is 0. The molecular weight excluding hydrogens is 218 g/mol. The van der Waals surface area contributed by atoms with Gasteiger partial charge in [-0.3, -0.25) is 0 Å². The molecule has 0 spiro atoms. The highest BCUT2D eigenvalue weighted by molar-refractivity contribution is 5.40. The zero-order valence-electron chi connectivity index (χ0n) is 13.6. The van der Waals surface area contributed by atoms with Crippen LogP contribution in [0.5, 0.6) is 0 Å². The number of hydrogen-bond acceptors (Lipinski definition) is 1. The van der Waals surface area contributed by atoms with Gasteiger partial charge < -0.3 is 4.90 Å². The van der Waals surface area contributed by atoms with Gasteiger partial charge in [0, 0.05) is 17.8 Å². The van der Waals surface area contributed by atoms with Crippen molar-refractivity contribution >= 4 is 0 Å². The molecule has 0 aliphatic heterocycles. The molecular formula is C17H31N. The van der Waals surface area contributed by atoms with E-state index in [0.29, 0.717) is 5.92 Å². The summed E-state index contributed by atoms with van der Waals surface area (Å²) in [6.45, 7) is 22.9. The SMILES string of the molecule is C=C(C(/C=C\C(C)C)=C(C)C)N(CC)C(C)(C)C. The Morgan fingerprint density at radius 1 is 1.22 bits per heavy atom. The zero-order chi connectivity index (χ0) is 14.5. The molecule has 1 nitrogen and oxygen atoms in total. The summed E-state index contributed by atoms with van der Waals surface area (Å²) in [6, 6.07) is 0. The zero-order valence-corrected chi connectivity index (χ0v) is 13.6. The summed E-state index contributed by atoms with van der Waals surface area (Å²) in [6.07, 6.45) is 4.46. The molecule has 0 radical (unpaired) electrons. The standard InChI is InChI=1S/C17H31N/c1-10-18(17(7,8)9)15(6)16(14(4)5)12-11-13(2)3/h11-13H,6,10H2,1-5,7-9H3/b12-11-. The normalized spacial score (nSPS) is 12.1. The Labute approximate surface area is 114 Å². The molecule has 0 heterocycles. The minimum absolute atomic E-state index is 0.109. The van der Waals surface area contributed by atoms with Gasteiger partial charge >= 0.3 is 0 Å². The molecule has 18 heavy (non-hydrogen) atoms. The lowest BCUT2D eigenvalue weighted by Crippen LogP contribution is -2.40. The van der Waals surface area contributed by atoms with E-state index in [1.165, 1.54) is 11.1 Å². The largest absolute Gasteiger partial charge is 0.367 e. The van der Waals surface area contributed by atoms with Crippen LogP contribution in [0.2, 0.25) is 0 Å². The molecule has 0 aliphatic rings. The van der Waals surface area contributed by atoms with Crippen LogP contribution in [0.4, 0.5) is 0 Å². The molecule has 0 saturated carbocycles. The fraction of sp³-hybridized carbons (Fsp3) is 0.647. The summed E-state index contributed by atoms with van der Waals surface area (Å²) in [5, 5.41) is 0. The van der Waals surface area contributed by atoms with E-state index in [9.17, 15) is 0 Å². The van der Waals surface area contributed by atoms with Gasteiger partial charge in [0.15, 0.2) is 0 Å². The predicted octanol–water partition coefficient (Wildman–Crippen LogP) is 5.17. The maximum Gasteiger partial charge on any atom is 0.0370 e. The highest BCUT2D eigenvalue weighted by atomic mass is 15.2. The summed E-state index contributed by atoms with van der Waals surface area (Å²) in [5.41, 5.74) is 3.82. The van der Waals surface area contributed by atoms with Gasteiger partial charge in [0.1, 0.15) is 0 Å². The lowest BCUT2D eigenvalue weighted by Gasteiger charge is -2.39. The smallest absolute Gasteiger partial charge is 0.0370 e. The van der Waals surface area contributed by atoms with E-state index >= 15 is 0 Å². The molecule has 1 heteroatoms.